The van der Waals surface area contributed by atoms with Gasteiger partial charge >= 0.3 is 30.0 Å². The summed E-state index contributed by atoms with van der Waals surface area (Å²) in [6.07, 6.45) is 0. The summed E-state index contributed by atoms with van der Waals surface area (Å²) in [7, 11) is 0. The summed E-state index contributed by atoms with van der Waals surface area (Å²) in [5.41, 5.74) is 1.01. The summed E-state index contributed by atoms with van der Waals surface area (Å²) < 4.78 is 18.2. The van der Waals surface area contributed by atoms with Crippen molar-refractivity contribution in [3.63, 3.8) is 0 Å². The van der Waals surface area contributed by atoms with Crippen LogP contribution in [0, 0.1) is 11.9 Å². The van der Waals surface area contributed by atoms with E-state index < -0.39 is 0 Å². The Kier molecular flexibility index (Phi) is 7.49. The van der Waals surface area contributed by atoms with Crippen molar-refractivity contribution >= 4 is 25.2 Å². The molecule has 5 heteroatoms. The van der Waals surface area contributed by atoms with Crippen molar-refractivity contribution in [3.8, 4) is 5.75 Å². The molecule has 90 valence electrons. The van der Waals surface area contributed by atoms with Gasteiger partial charge in [0.2, 0.25) is 0 Å². The molecule has 2 aromatic rings. The number of benzene rings is 2. The van der Waals surface area contributed by atoms with Crippen LogP contribution < -0.4 is 4.74 Å². The van der Waals surface area contributed by atoms with Crippen LogP contribution in [-0.2, 0) is 22.9 Å². The van der Waals surface area contributed by atoms with E-state index in [0.29, 0.717) is 12.4 Å². The van der Waals surface area contributed by atoms with Gasteiger partial charge in [-0.2, -0.15) is 30.3 Å². The summed E-state index contributed by atoms with van der Waals surface area (Å²) in [6, 6.07) is 14.4. The molecule has 0 aliphatic carbocycles. The number of hydrogen-bond acceptors (Lipinski definition) is 1. The maximum absolute atomic E-state index is 12.8. The second kappa shape index (κ2) is 8.63. The first-order valence-electron chi connectivity index (χ1n) is 5.05. The van der Waals surface area contributed by atoms with E-state index in [2.05, 4.69) is 19.7 Å². The Morgan fingerprint density at radius 3 is 2.50 bits per heavy atom. The Labute approximate surface area is 127 Å². The van der Waals surface area contributed by atoms with Crippen molar-refractivity contribution in [2.24, 2.45) is 0 Å². The van der Waals surface area contributed by atoms with E-state index in [-0.39, 0.29) is 10.8 Å². The van der Waals surface area contributed by atoms with Crippen LogP contribution in [0.25, 0.3) is 0 Å². The molecule has 0 fully saturated rings. The SMILES string of the molecule is Fc1ccc(OCc2cc[c-]cc2)c(Cl)c1.[Zn+][Br]. The molecule has 2 rings (SSSR count). The summed E-state index contributed by atoms with van der Waals surface area (Å²) in [5, 5.41) is 0.280. The molecule has 0 saturated heterocycles. The van der Waals surface area contributed by atoms with E-state index in [0.717, 1.165) is 5.56 Å². The maximum atomic E-state index is 12.8. The molecule has 2 aromatic carbocycles. The van der Waals surface area contributed by atoms with Crippen LogP contribution >= 0.6 is 25.2 Å². The van der Waals surface area contributed by atoms with Crippen LogP contribution in [0.5, 0.6) is 5.75 Å². The van der Waals surface area contributed by atoms with Crippen molar-refractivity contribution in [1.29, 1.82) is 0 Å². The van der Waals surface area contributed by atoms with Gasteiger partial charge in [0.1, 0.15) is 11.6 Å². The van der Waals surface area contributed by atoms with E-state index in [4.69, 9.17) is 16.3 Å². The van der Waals surface area contributed by atoms with Gasteiger partial charge < -0.3 is 4.74 Å². The topological polar surface area (TPSA) is 9.23 Å². The van der Waals surface area contributed by atoms with Crippen LogP contribution in [0.4, 0.5) is 4.39 Å². The van der Waals surface area contributed by atoms with E-state index in [9.17, 15) is 4.39 Å². The quantitative estimate of drug-likeness (QED) is 0.554. The third-order valence-electron chi connectivity index (χ3n) is 2.08. The van der Waals surface area contributed by atoms with Crippen molar-refractivity contribution in [2.45, 2.75) is 6.61 Å². The van der Waals surface area contributed by atoms with Gasteiger partial charge in [0.15, 0.2) is 0 Å². The van der Waals surface area contributed by atoms with Crippen LogP contribution in [0.15, 0.2) is 42.5 Å². The monoisotopic (exact) mass is 378 g/mol. The summed E-state index contributed by atoms with van der Waals surface area (Å²) >= 11 is 10.1. The van der Waals surface area contributed by atoms with Crippen LogP contribution in [0.1, 0.15) is 5.56 Å². The second-order valence-electron chi connectivity index (χ2n) is 3.27. The van der Waals surface area contributed by atoms with Gasteiger partial charge in [0, 0.05) is 0 Å². The molecule has 0 unspecified atom stereocenters. The molecule has 0 aliphatic rings. The molecule has 0 saturated carbocycles. The Hall–Kier alpha value is -0.437. The molecular weight excluding hydrogens is 372 g/mol. The van der Waals surface area contributed by atoms with Crippen LogP contribution in [0.3, 0.4) is 0 Å². The number of halogens is 3. The number of hydrogen-bond donors (Lipinski definition) is 0. The van der Waals surface area contributed by atoms with Gasteiger partial charge in [-0.3, -0.25) is 0 Å². The summed E-state index contributed by atoms with van der Waals surface area (Å²) in [6.45, 7) is 0.403. The summed E-state index contributed by atoms with van der Waals surface area (Å²) in [4.78, 5) is 0. The minimum atomic E-state index is -0.369. The Bertz CT molecular complexity index is 482. The van der Waals surface area contributed by atoms with Crippen LogP contribution in [-0.4, -0.2) is 0 Å². The zero-order chi connectivity index (χ0) is 13.4. The zero-order valence-corrected chi connectivity index (χ0v) is 14.8. The van der Waals surface area contributed by atoms with Gasteiger partial charge in [-0.25, -0.2) is 4.39 Å². The average Bonchev–Trinajstić information content (AvgIpc) is 2.41. The van der Waals surface area contributed by atoms with Gasteiger partial charge in [0.05, 0.1) is 11.6 Å². The van der Waals surface area contributed by atoms with E-state index in [1.807, 2.05) is 24.3 Å². The fourth-order valence-corrected chi connectivity index (χ4v) is 1.49. The first-order valence-corrected chi connectivity index (χ1v) is 12.4. The number of rotatable bonds is 3. The van der Waals surface area contributed by atoms with Crippen molar-refractivity contribution in [2.75, 3.05) is 0 Å². The minimum absolute atomic E-state index is 0.280. The van der Waals surface area contributed by atoms with Gasteiger partial charge in [0.25, 0.3) is 0 Å². The Morgan fingerprint density at radius 1 is 1.22 bits per heavy atom. The third-order valence-corrected chi connectivity index (χ3v) is 2.37. The molecule has 1 nitrogen and oxygen atoms in total. The molecule has 0 spiro atoms. The average molecular weight is 381 g/mol. The fraction of sp³-hybridized carbons (Fsp3) is 0.0769. The molecule has 0 bridgehead atoms. The van der Waals surface area contributed by atoms with Gasteiger partial charge in [-0.15, -0.1) is 5.56 Å². The molecule has 0 radical (unpaired) electrons. The summed E-state index contributed by atoms with van der Waals surface area (Å²) in [5.74, 6) is 0.113. The third kappa shape index (κ3) is 5.05. The molecule has 18 heavy (non-hydrogen) atoms. The molecule has 0 N–H and O–H groups in total. The van der Waals surface area contributed by atoms with E-state index >= 15 is 0 Å². The molecular formula is C13H9BrClFOZn. The Balaban J connectivity index is 0.000000771. The molecule has 0 aromatic heterocycles. The fourth-order valence-electron chi connectivity index (χ4n) is 1.27. The molecule has 0 atom stereocenters. The standard InChI is InChI=1S/C13H9ClFO.BrH.Zn/c14-12-8-11(15)6-7-13(12)16-9-10-4-2-1-3-5-10;;/h2-8H,9H2;1H;/q-1;;+2/p-1. The van der Waals surface area contributed by atoms with Crippen molar-refractivity contribution < 1.29 is 25.5 Å². The van der Waals surface area contributed by atoms with Crippen LogP contribution in [0.2, 0.25) is 5.02 Å². The Morgan fingerprint density at radius 2 is 1.89 bits per heavy atom. The molecule has 0 heterocycles. The zero-order valence-electron chi connectivity index (χ0n) is 9.50. The predicted octanol–water partition coefficient (Wildman–Crippen LogP) is 4.70. The second-order valence-corrected chi connectivity index (χ2v) is 3.68. The van der Waals surface area contributed by atoms with Crippen molar-refractivity contribution in [1.82, 2.24) is 0 Å². The predicted molar refractivity (Wildman–Crippen MR) is 69.9 cm³/mol. The first-order chi connectivity index (χ1) is 8.75. The molecule has 0 amide bonds. The normalized spacial score (nSPS) is 9.39. The first kappa shape index (κ1) is 15.6. The van der Waals surface area contributed by atoms with E-state index in [1.165, 1.54) is 34.5 Å². The molecule has 0 aliphatic heterocycles. The number of ether oxygens (including phenoxy) is 1. The van der Waals surface area contributed by atoms with Gasteiger partial charge in [-0.1, -0.05) is 11.6 Å². The van der Waals surface area contributed by atoms with E-state index in [1.54, 1.807) is 0 Å². The van der Waals surface area contributed by atoms with Gasteiger partial charge in [-0.05, 0) is 18.2 Å². The van der Waals surface area contributed by atoms with Crippen molar-refractivity contribution in [3.05, 3.63) is 64.9 Å².